The Kier molecular flexibility index (Phi) is 8.63. The van der Waals surface area contributed by atoms with E-state index in [0.29, 0.717) is 39.3 Å². The molecule has 35 heavy (non-hydrogen) atoms. The Morgan fingerprint density at radius 2 is 2.03 bits per heavy atom. The monoisotopic (exact) mass is 571 g/mol. The van der Waals surface area contributed by atoms with Gasteiger partial charge in [0.15, 0.2) is 0 Å². The highest BCUT2D eigenvalue weighted by Gasteiger charge is 2.76. The molecule has 9 nitrogen and oxygen atoms in total. The van der Waals surface area contributed by atoms with Crippen LogP contribution < -0.4 is 0 Å². The standard InChI is InChI=1S/C24H34BrN3O6S/c1-3-5-27(7-6-26-9-13-33-14-10-26)22(31)20-24-15-16(25)19(35-24)17(23(32)34-12-4-2)18(24)21(30)28(20)8-11-29/h3-4,16-20,29H,1-2,5-15H2/t16?,17-,18+,19-,20?,24?/m1/s1. The summed E-state index contributed by atoms with van der Waals surface area (Å²) in [7, 11) is 0. The molecule has 2 amide bonds. The quantitative estimate of drug-likeness (QED) is 0.218. The van der Waals surface area contributed by atoms with Gasteiger partial charge >= 0.3 is 5.97 Å². The molecule has 0 aromatic carbocycles. The lowest BCUT2D eigenvalue weighted by Crippen LogP contribution is -2.56. The largest absolute Gasteiger partial charge is 0.461 e. The van der Waals surface area contributed by atoms with Crippen molar-refractivity contribution >= 4 is 45.5 Å². The molecule has 0 aromatic heterocycles. The number of nitrogens with zero attached hydrogens (tertiary/aromatic N) is 3. The first-order valence-corrected chi connectivity index (χ1v) is 13.9. The van der Waals surface area contributed by atoms with Crippen molar-refractivity contribution in [3.63, 3.8) is 0 Å². The molecule has 4 saturated heterocycles. The zero-order valence-electron chi connectivity index (χ0n) is 19.9. The zero-order valence-corrected chi connectivity index (χ0v) is 22.3. The Bertz CT molecular complexity index is 855. The van der Waals surface area contributed by atoms with Crippen molar-refractivity contribution in [1.82, 2.24) is 14.7 Å². The summed E-state index contributed by atoms with van der Waals surface area (Å²) >= 11 is 5.28. The topological polar surface area (TPSA) is 99.6 Å². The number of hydrogen-bond donors (Lipinski definition) is 1. The predicted octanol–water partition coefficient (Wildman–Crippen LogP) is 0.519. The Hall–Kier alpha value is -1.40. The van der Waals surface area contributed by atoms with Crippen molar-refractivity contribution in [1.29, 1.82) is 0 Å². The molecule has 0 aliphatic carbocycles. The van der Waals surface area contributed by atoms with E-state index in [1.54, 1.807) is 22.7 Å². The van der Waals surface area contributed by atoms with Crippen LogP contribution in [-0.2, 0) is 23.9 Å². The minimum Gasteiger partial charge on any atom is -0.461 e. The number of aliphatic hydroxyl groups is 1. The summed E-state index contributed by atoms with van der Waals surface area (Å²) in [6, 6.07) is -0.760. The van der Waals surface area contributed by atoms with E-state index >= 15 is 0 Å². The summed E-state index contributed by atoms with van der Waals surface area (Å²) < 4.78 is 10.0. The molecule has 4 fully saturated rings. The van der Waals surface area contributed by atoms with E-state index in [1.165, 1.54) is 11.0 Å². The number of β-amino-alcohol motifs (C(OH)–C–C–N with tert-alkyl or cyclic N) is 1. The van der Waals surface area contributed by atoms with Crippen molar-refractivity contribution in [3.05, 3.63) is 25.3 Å². The molecular weight excluding hydrogens is 538 g/mol. The van der Waals surface area contributed by atoms with Gasteiger partial charge in [0.1, 0.15) is 12.6 Å². The molecular formula is C24H34BrN3O6S. The predicted molar refractivity (Wildman–Crippen MR) is 136 cm³/mol. The third-order valence-electron chi connectivity index (χ3n) is 7.43. The van der Waals surface area contributed by atoms with Crippen LogP contribution in [0.1, 0.15) is 6.42 Å². The third-order valence-corrected chi connectivity index (χ3v) is 10.7. The van der Waals surface area contributed by atoms with Crippen LogP contribution in [0.15, 0.2) is 25.3 Å². The Morgan fingerprint density at radius 1 is 1.29 bits per heavy atom. The van der Waals surface area contributed by atoms with Gasteiger partial charge in [-0.05, 0) is 6.42 Å². The van der Waals surface area contributed by atoms with Gasteiger partial charge in [-0.25, -0.2) is 0 Å². The summed E-state index contributed by atoms with van der Waals surface area (Å²) in [5.74, 6) is -2.15. The van der Waals surface area contributed by atoms with E-state index in [1.807, 2.05) is 0 Å². The number of rotatable bonds is 11. The van der Waals surface area contributed by atoms with E-state index in [2.05, 4.69) is 34.0 Å². The number of aliphatic hydroxyl groups excluding tert-OH is 1. The fourth-order valence-corrected chi connectivity index (χ4v) is 9.57. The van der Waals surface area contributed by atoms with Crippen LogP contribution in [0, 0.1) is 11.8 Å². The summed E-state index contributed by atoms with van der Waals surface area (Å²) in [5.41, 5.74) is 0. The van der Waals surface area contributed by atoms with Gasteiger partial charge in [-0.15, -0.1) is 18.3 Å². The number of esters is 1. The summed E-state index contributed by atoms with van der Waals surface area (Å²) in [6.45, 7) is 11.8. The van der Waals surface area contributed by atoms with Crippen molar-refractivity contribution in [2.75, 3.05) is 65.7 Å². The molecule has 1 N–H and O–H groups in total. The lowest BCUT2D eigenvalue weighted by molar-refractivity contribution is -0.153. The maximum Gasteiger partial charge on any atom is 0.311 e. The van der Waals surface area contributed by atoms with Crippen LogP contribution in [0.25, 0.3) is 0 Å². The smallest absolute Gasteiger partial charge is 0.311 e. The number of thioether (sulfide) groups is 1. The molecule has 4 aliphatic rings. The summed E-state index contributed by atoms with van der Waals surface area (Å²) in [6.07, 6.45) is 3.79. The third kappa shape index (κ3) is 4.82. The first-order valence-electron chi connectivity index (χ1n) is 12.1. The number of morpholine rings is 1. The van der Waals surface area contributed by atoms with Gasteiger partial charge < -0.3 is 24.4 Å². The van der Waals surface area contributed by atoms with Crippen LogP contribution >= 0.6 is 27.7 Å². The summed E-state index contributed by atoms with van der Waals surface area (Å²) in [4.78, 5) is 46.3. The normalized spacial score (nSPS) is 34.1. The van der Waals surface area contributed by atoms with Crippen molar-refractivity contribution < 1.29 is 29.0 Å². The molecule has 194 valence electrons. The van der Waals surface area contributed by atoms with Gasteiger partial charge in [-0.2, -0.15) is 0 Å². The molecule has 4 aliphatic heterocycles. The Balaban J connectivity index is 1.62. The van der Waals surface area contributed by atoms with Gasteiger partial charge in [-0.1, -0.05) is 34.7 Å². The number of fused-ring (bicyclic) bond motifs is 1. The first-order chi connectivity index (χ1) is 16.9. The average molecular weight is 573 g/mol. The number of halogens is 1. The highest BCUT2D eigenvalue weighted by atomic mass is 79.9. The number of amides is 2. The van der Waals surface area contributed by atoms with Gasteiger partial charge in [0, 0.05) is 49.3 Å². The second kappa shape index (κ2) is 11.3. The maximum atomic E-state index is 14.1. The fraction of sp³-hybridized carbons (Fsp3) is 0.708. The number of likely N-dealkylation sites (tertiary alicyclic amines) is 1. The van der Waals surface area contributed by atoms with Crippen LogP contribution in [0.4, 0.5) is 0 Å². The van der Waals surface area contributed by atoms with Crippen molar-refractivity contribution in [2.45, 2.75) is 27.3 Å². The van der Waals surface area contributed by atoms with Crippen LogP contribution in [0.5, 0.6) is 0 Å². The van der Waals surface area contributed by atoms with E-state index in [9.17, 15) is 19.5 Å². The first kappa shape index (κ1) is 26.7. The minimum absolute atomic E-state index is 0.0246. The molecule has 1 spiro atoms. The molecule has 0 aromatic rings. The number of carbonyl (C=O) groups is 3. The van der Waals surface area contributed by atoms with Crippen LogP contribution in [0.3, 0.4) is 0 Å². The van der Waals surface area contributed by atoms with Crippen molar-refractivity contribution in [2.24, 2.45) is 11.8 Å². The number of hydrogen-bond acceptors (Lipinski definition) is 8. The number of carbonyl (C=O) groups excluding carboxylic acids is 3. The zero-order chi connectivity index (χ0) is 25.2. The second-order valence-corrected chi connectivity index (χ2v) is 12.1. The SMILES string of the molecule is C=CCOC(=O)[C@H]1[C@@H]2SC3(CC2Br)C(C(=O)N(CC=C)CCN2CCOCC2)N(CCO)C(=O)[C@H]13. The Morgan fingerprint density at radius 3 is 2.69 bits per heavy atom. The number of alkyl halides is 1. The molecule has 3 unspecified atom stereocenters. The lowest BCUT2D eigenvalue weighted by Gasteiger charge is -2.38. The molecule has 0 saturated carbocycles. The van der Waals surface area contributed by atoms with Gasteiger partial charge in [-0.3, -0.25) is 19.3 Å². The molecule has 6 atom stereocenters. The molecule has 0 radical (unpaired) electrons. The van der Waals surface area contributed by atoms with Gasteiger partial charge in [0.25, 0.3) is 0 Å². The highest BCUT2D eigenvalue weighted by Crippen LogP contribution is 2.67. The molecule has 4 heterocycles. The summed E-state index contributed by atoms with van der Waals surface area (Å²) in [5, 5.41) is 9.60. The van der Waals surface area contributed by atoms with E-state index in [0.717, 1.165) is 13.1 Å². The van der Waals surface area contributed by atoms with Gasteiger partial charge in [0.05, 0.1) is 36.4 Å². The van der Waals surface area contributed by atoms with E-state index in [4.69, 9.17) is 9.47 Å². The van der Waals surface area contributed by atoms with Gasteiger partial charge in [0.2, 0.25) is 11.8 Å². The number of ether oxygens (including phenoxy) is 2. The highest BCUT2D eigenvalue weighted by molar-refractivity contribution is 9.09. The maximum absolute atomic E-state index is 14.1. The molecule has 2 bridgehead atoms. The second-order valence-electron chi connectivity index (χ2n) is 9.36. The van der Waals surface area contributed by atoms with Crippen molar-refractivity contribution in [3.8, 4) is 0 Å². The minimum atomic E-state index is -0.760. The van der Waals surface area contributed by atoms with E-state index in [-0.39, 0.29) is 41.6 Å². The molecule has 11 heteroatoms. The fourth-order valence-electron chi connectivity index (χ4n) is 5.97. The average Bonchev–Trinajstić information content (AvgIpc) is 3.44. The van der Waals surface area contributed by atoms with E-state index < -0.39 is 28.6 Å². The van der Waals surface area contributed by atoms with Crippen LogP contribution in [0.2, 0.25) is 0 Å². The molecule has 4 rings (SSSR count). The Labute approximate surface area is 219 Å². The van der Waals surface area contributed by atoms with Crippen LogP contribution in [-0.4, -0.2) is 124 Å². The lowest BCUT2D eigenvalue weighted by atomic mass is 9.71.